The summed E-state index contributed by atoms with van der Waals surface area (Å²) < 4.78 is 4.20. The molecule has 9 nitrogen and oxygen atoms in total. The van der Waals surface area contributed by atoms with Crippen molar-refractivity contribution < 1.29 is 0 Å². The van der Waals surface area contributed by atoms with E-state index in [1.165, 1.54) is 64.2 Å². The molecule has 9 heteroatoms. The lowest BCUT2D eigenvalue weighted by Gasteiger charge is -2.21. The Labute approximate surface area is 220 Å². The highest BCUT2D eigenvalue weighted by molar-refractivity contribution is 6.01. The first kappa shape index (κ1) is 23.1. The average Bonchev–Trinajstić information content (AvgIpc) is 3.64. The summed E-state index contributed by atoms with van der Waals surface area (Å²) in [6.07, 6.45) is 18.0. The number of hydrogen-bond acceptors (Lipinski definition) is 7. The Balaban J connectivity index is 0.000000127. The van der Waals surface area contributed by atoms with Gasteiger partial charge in [0.15, 0.2) is 0 Å². The van der Waals surface area contributed by atoms with Crippen LogP contribution in [0.25, 0.3) is 44.0 Å². The molecule has 2 aliphatic rings. The Morgan fingerprint density at radius 2 is 1.11 bits per heavy atom. The van der Waals surface area contributed by atoms with Crippen molar-refractivity contribution in [3.05, 3.63) is 55.0 Å². The van der Waals surface area contributed by atoms with Crippen LogP contribution in [0, 0.1) is 0 Å². The van der Waals surface area contributed by atoms with Gasteiger partial charge in [-0.1, -0.05) is 61.1 Å². The third-order valence-electron chi connectivity index (χ3n) is 8.14. The van der Waals surface area contributed by atoms with Gasteiger partial charge < -0.3 is 0 Å². The van der Waals surface area contributed by atoms with E-state index in [-0.39, 0.29) is 0 Å². The number of benzene rings is 2. The fourth-order valence-corrected chi connectivity index (χ4v) is 6.17. The van der Waals surface area contributed by atoms with Gasteiger partial charge >= 0.3 is 0 Å². The van der Waals surface area contributed by atoms with E-state index in [0.717, 1.165) is 44.0 Å². The molecule has 2 aromatic carbocycles. The predicted molar refractivity (Wildman–Crippen MR) is 148 cm³/mol. The van der Waals surface area contributed by atoms with E-state index in [1.54, 1.807) is 12.4 Å². The van der Waals surface area contributed by atoms with Crippen LogP contribution in [0.5, 0.6) is 0 Å². The van der Waals surface area contributed by atoms with Crippen molar-refractivity contribution in [1.82, 2.24) is 44.9 Å². The molecule has 0 amide bonds. The fraction of sp³-hybridized carbons (Fsp3) is 0.414. The first-order valence-electron chi connectivity index (χ1n) is 13.9. The maximum absolute atomic E-state index is 4.45. The third-order valence-corrected chi connectivity index (χ3v) is 8.14. The van der Waals surface area contributed by atoms with Crippen LogP contribution in [0.2, 0.25) is 0 Å². The van der Waals surface area contributed by atoms with E-state index >= 15 is 0 Å². The molecule has 0 saturated heterocycles. The zero-order valence-electron chi connectivity index (χ0n) is 21.4. The molecule has 0 radical (unpaired) electrons. The average molecular weight is 506 g/mol. The van der Waals surface area contributed by atoms with Crippen LogP contribution in [0.4, 0.5) is 0 Å². The largest absolute Gasteiger partial charge is 0.254 e. The summed E-state index contributed by atoms with van der Waals surface area (Å²) in [6.45, 7) is 0. The van der Waals surface area contributed by atoms with E-state index in [1.807, 2.05) is 18.3 Å². The molecule has 2 fully saturated rings. The standard InChI is InChI=1S/C15H16N4.C14H15N5/c1-2-6-12(7-3-1)19-13-9-8-11-5-4-10-16-14(11)15(13)17-18-19;1-2-4-10(5-3-1)19-12-7-6-11-13(14(12)17-18-19)16-9-8-15-11/h4-5,8-10,12H,1-3,6-7H2;6-10H,1-5H2. The molecule has 8 rings (SSSR count). The van der Waals surface area contributed by atoms with Crippen LogP contribution in [0.1, 0.15) is 76.3 Å². The van der Waals surface area contributed by atoms with Crippen molar-refractivity contribution in [3.63, 3.8) is 0 Å². The first-order chi connectivity index (χ1) is 18.9. The monoisotopic (exact) mass is 505 g/mol. The second kappa shape index (κ2) is 10.0. The number of pyridine rings is 1. The van der Waals surface area contributed by atoms with Crippen LogP contribution in [0.15, 0.2) is 55.0 Å². The maximum Gasteiger partial charge on any atom is 0.141 e. The molecule has 4 aromatic heterocycles. The molecule has 0 unspecified atom stereocenters. The van der Waals surface area contributed by atoms with Crippen molar-refractivity contribution in [2.24, 2.45) is 0 Å². The van der Waals surface area contributed by atoms with Gasteiger partial charge in [-0.3, -0.25) is 15.0 Å². The molecular formula is C29H31N9. The second-order valence-corrected chi connectivity index (χ2v) is 10.5. The molecule has 0 spiro atoms. The Morgan fingerprint density at radius 3 is 1.79 bits per heavy atom. The molecule has 4 heterocycles. The minimum absolute atomic E-state index is 0.493. The van der Waals surface area contributed by atoms with E-state index in [0.29, 0.717) is 12.1 Å². The number of rotatable bonds is 2. The topological polar surface area (TPSA) is 100 Å². The lowest BCUT2D eigenvalue weighted by atomic mass is 9.95. The highest BCUT2D eigenvalue weighted by Gasteiger charge is 2.21. The number of aromatic nitrogens is 9. The number of fused-ring (bicyclic) bond motifs is 6. The summed E-state index contributed by atoms with van der Waals surface area (Å²) in [5, 5.41) is 18.6. The van der Waals surface area contributed by atoms with E-state index in [2.05, 4.69) is 69.2 Å². The molecule has 2 saturated carbocycles. The molecule has 0 N–H and O–H groups in total. The quantitative estimate of drug-likeness (QED) is 0.270. The normalized spacial score (nSPS) is 17.3. The van der Waals surface area contributed by atoms with E-state index < -0.39 is 0 Å². The zero-order valence-corrected chi connectivity index (χ0v) is 21.4. The molecule has 192 valence electrons. The van der Waals surface area contributed by atoms with Crippen molar-refractivity contribution >= 4 is 44.0 Å². The first-order valence-corrected chi connectivity index (χ1v) is 13.9. The lowest BCUT2D eigenvalue weighted by Crippen LogP contribution is -2.14. The maximum atomic E-state index is 4.45. The molecule has 0 aliphatic heterocycles. The van der Waals surface area contributed by atoms with Gasteiger partial charge in [0.25, 0.3) is 0 Å². The zero-order chi connectivity index (χ0) is 25.3. The van der Waals surface area contributed by atoms with Gasteiger partial charge in [-0.15, -0.1) is 10.2 Å². The van der Waals surface area contributed by atoms with Crippen LogP contribution in [0.3, 0.4) is 0 Å². The molecule has 6 aromatic rings. The van der Waals surface area contributed by atoms with E-state index in [9.17, 15) is 0 Å². The Bertz CT molecular complexity index is 1580. The summed E-state index contributed by atoms with van der Waals surface area (Å²) >= 11 is 0. The minimum Gasteiger partial charge on any atom is -0.254 e. The second-order valence-electron chi connectivity index (χ2n) is 10.5. The smallest absolute Gasteiger partial charge is 0.141 e. The summed E-state index contributed by atoms with van der Waals surface area (Å²) in [5.74, 6) is 0. The van der Waals surface area contributed by atoms with Gasteiger partial charge in [0, 0.05) is 24.0 Å². The minimum atomic E-state index is 0.493. The third kappa shape index (κ3) is 4.15. The summed E-state index contributed by atoms with van der Waals surface area (Å²) in [5.41, 5.74) is 6.70. The summed E-state index contributed by atoms with van der Waals surface area (Å²) in [7, 11) is 0. The fourth-order valence-electron chi connectivity index (χ4n) is 6.17. The SMILES string of the molecule is c1cnc2c(c1)ccc1c2nnn1C1CCCCC1.c1cnc2c(ccc3c2nnn3C2CCCCC2)n1. The van der Waals surface area contributed by atoms with Crippen molar-refractivity contribution in [2.75, 3.05) is 0 Å². The van der Waals surface area contributed by atoms with Crippen LogP contribution >= 0.6 is 0 Å². The van der Waals surface area contributed by atoms with Gasteiger partial charge in [0.2, 0.25) is 0 Å². The van der Waals surface area contributed by atoms with Crippen LogP contribution in [-0.4, -0.2) is 44.9 Å². The number of nitrogens with zero attached hydrogens (tertiary/aromatic N) is 9. The van der Waals surface area contributed by atoms with Gasteiger partial charge in [0.1, 0.15) is 16.6 Å². The Hall–Kier alpha value is -4.01. The van der Waals surface area contributed by atoms with Gasteiger partial charge in [-0.05, 0) is 49.9 Å². The predicted octanol–water partition coefficient (Wildman–Crippen LogP) is 6.36. The molecular weight excluding hydrogens is 474 g/mol. The van der Waals surface area contributed by atoms with E-state index in [4.69, 9.17) is 0 Å². The Kier molecular flexibility index (Phi) is 6.11. The van der Waals surface area contributed by atoms with Gasteiger partial charge in [0.05, 0.1) is 34.2 Å². The highest BCUT2D eigenvalue weighted by Crippen LogP contribution is 2.32. The molecule has 2 aliphatic carbocycles. The van der Waals surface area contributed by atoms with Crippen molar-refractivity contribution in [3.8, 4) is 0 Å². The highest BCUT2D eigenvalue weighted by atomic mass is 15.4. The number of hydrogen-bond donors (Lipinski definition) is 0. The Morgan fingerprint density at radius 1 is 0.526 bits per heavy atom. The molecule has 38 heavy (non-hydrogen) atoms. The van der Waals surface area contributed by atoms with Gasteiger partial charge in [-0.2, -0.15) is 0 Å². The molecule has 0 bridgehead atoms. The van der Waals surface area contributed by atoms with Crippen LogP contribution in [-0.2, 0) is 0 Å². The summed E-state index contributed by atoms with van der Waals surface area (Å²) in [6, 6.07) is 13.4. The lowest BCUT2D eigenvalue weighted by molar-refractivity contribution is 0.331. The van der Waals surface area contributed by atoms with Gasteiger partial charge in [-0.25, -0.2) is 9.36 Å². The summed E-state index contributed by atoms with van der Waals surface area (Å²) in [4.78, 5) is 13.2. The van der Waals surface area contributed by atoms with Crippen LogP contribution < -0.4 is 0 Å². The molecule has 0 atom stereocenters. The van der Waals surface area contributed by atoms with Crippen molar-refractivity contribution in [1.29, 1.82) is 0 Å². The van der Waals surface area contributed by atoms with Crippen molar-refractivity contribution in [2.45, 2.75) is 76.3 Å².